The van der Waals surface area contributed by atoms with Gasteiger partial charge in [-0.3, -0.25) is 19.2 Å². The lowest BCUT2D eigenvalue weighted by Gasteiger charge is -2.05. The lowest BCUT2D eigenvalue weighted by Crippen LogP contribution is -2.31. The van der Waals surface area contributed by atoms with Gasteiger partial charge in [-0.05, 0) is 13.8 Å². The molecule has 2 aliphatic carbocycles. The summed E-state index contributed by atoms with van der Waals surface area (Å²) in [6.45, 7) is 2.71. The van der Waals surface area contributed by atoms with Crippen molar-refractivity contribution in [3.05, 3.63) is 0 Å². The maximum absolute atomic E-state index is 12.7. The Balaban J connectivity index is 0.000000171. The predicted molar refractivity (Wildman–Crippen MR) is 57.2 cm³/mol. The van der Waals surface area contributed by atoms with Gasteiger partial charge in [0.05, 0.1) is 5.92 Å². The minimum absolute atomic E-state index is 0.0752. The Morgan fingerprint density at radius 3 is 1.41 bits per heavy atom. The first-order valence-electron chi connectivity index (χ1n) is 5.57. The second kappa shape index (κ2) is 4.85. The molecule has 2 saturated carbocycles. The van der Waals surface area contributed by atoms with Crippen LogP contribution in [-0.2, 0) is 19.2 Å². The number of hydrogen-bond donors (Lipinski definition) is 0. The van der Waals surface area contributed by atoms with Crippen LogP contribution in [0.5, 0.6) is 0 Å². The molecule has 0 aromatic carbocycles. The van der Waals surface area contributed by atoms with Crippen molar-refractivity contribution in [1.82, 2.24) is 0 Å². The lowest BCUT2D eigenvalue weighted by molar-refractivity contribution is -0.135. The molecule has 0 bridgehead atoms. The number of Topliss-reactive ketones (excluding diaryl/α,β-unsaturated/α-hetero) is 4. The van der Waals surface area contributed by atoms with Crippen LogP contribution in [0.25, 0.3) is 0 Å². The number of alkyl halides is 1. The maximum Gasteiger partial charge on any atom is 0.223 e. The van der Waals surface area contributed by atoms with Crippen molar-refractivity contribution in [2.24, 2.45) is 5.92 Å². The van der Waals surface area contributed by atoms with Crippen LogP contribution in [-0.4, -0.2) is 28.8 Å². The highest BCUT2D eigenvalue weighted by atomic mass is 19.1. The van der Waals surface area contributed by atoms with E-state index < -0.39 is 17.2 Å². The van der Waals surface area contributed by atoms with Crippen molar-refractivity contribution in [3.8, 4) is 0 Å². The average Bonchev–Trinajstić information content (AvgIpc) is 2.68. The molecule has 0 heterocycles. The Hall–Kier alpha value is -1.39. The molecule has 94 valence electrons. The number of carbonyl (C=O) groups is 4. The summed E-state index contributed by atoms with van der Waals surface area (Å²) < 4.78 is 12.7. The van der Waals surface area contributed by atoms with Gasteiger partial charge in [-0.15, -0.1) is 0 Å². The molecule has 0 radical (unpaired) electrons. The zero-order valence-electron chi connectivity index (χ0n) is 9.92. The van der Waals surface area contributed by atoms with E-state index in [9.17, 15) is 23.6 Å². The number of ketones is 4. The van der Waals surface area contributed by atoms with Gasteiger partial charge in [0.25, 0.3) is 0 Å². The van der Waals surface area contributed by atoms with Crippen LogP contribution in [0.1, 0.15) is 39.5 Å². The molecule has 0 saturated heterocycles. The quantitative estimate of drug-likeness (QED) is 0.598. The number of rotatable bonds is 0. The van der Waals surface area contributed by atoms with Gasteiger partial charge in [-0.1, -0.05) is 0 Å². The number of hydrogen-bond acceptors (Lipinski definition) is 4. The lowest BCUT2D eigenvalue weighted by atomic mass is 10.1. The Labute approximate surface area is 98.6 Å². The molecule has 0 spiro atoms. The van der Waals surface area contributed by atoms with Crippen molar-refractivity contribution >= 4 is 23.1 Å². The first-order chi connectivity index (χ1) is 7.76. The monoisotopic (exact) mass is 242 g/mol. The van der Waals surface area contributed by atoms with Crippen LogP contribution in [0, 0.1) is 5.92 Å². The molecule has 2 rings (SSSR count). The standard InChI is InChI=1S/C6H7FO2.C6H8O2/c1-6(7)4(8)2-3-5(6)9;1-4-5(7)2-3-6(4)8/h2-3H2,1H3;4H,2-3H2,1H3. The van der Waals surface area contributed by atoms with Crippen LogP contribution in [0.15, 0.2) is 0 Å². The topological polar surface area (TPSA) is 68.3 Å². The molecule has 0 unspecified atom stereocenters. The summed E-state index contributed by atoms with van der Waals surface area (Å²) in [6, 6.07) is 0. The van der Waals surface area contributed by atoms with Crippen LogP contribution in [0.4, 0.5) is 4.39 Å². The minimum atomic E-state index is -2.17. The third kappa shape index (κ3) is 2.84. The van der Waals surface area contributed by atoms with Gasteiger partial charge >= 0.3 is 0 Å². The van der Waals surface area contributed by atoms with E-state index in [0.29, 0.717) is 12.8 Å². The summed E-state index contributed by atoms with van der Waals surface area (Å²) >= 11 is 0. The first-order valence-corrected chi connectivity index (χ1v) is 5.57. The van der Waals surface area contributed by atoms with E-state index in [-0.39, 0.29) is 30.3 Å². The molecule has 2 fully saturated rings. The van der Waals surface area contributed by atoms with E-state index in [1.54, 1.807) is 6.92 Å². The summed E-state index contributed by atoms with van der Waals surface area (Å²) in [4.78, 5) is 42.1. The molecule has 17 heavy (non-hydrogen) atoms. The molecular weight excluding hydrogens is 227 g/mol. The average molecular weight is 242 g/mol. The molecule has 4 nitrogen and oxygen atoms in total. The molecule has 0 N–H and O–H groups in total. The largest absolute Gasteiger partial charge is 0.299 e. The van der Waals surface area contributed by atoms with E-state index in [0.717, 1.165) is 6.92 Å². The fourth-order valence-electron chi connectivity index (χ4n) is 1.71. The van der Waals surface area contributed by atoms with Crippen molar-refractivity contribution in [1.29, 1.82) is 0 Å². The van der Waals surface area contributed by atoms with E-state index >= 15 is 0 Å². The fraction of sp³-hybridized carbons (Fsp3) is 0.667. The molecule has 0 atom stereocenters. The third-order valence-electron chi connectivity index (χ3n) is 3.21. The van der Waals surface area contributed by atoms with Gasteiger partial charge in [-0.25, -0.2) is 4.39 Å². The zero-order chi connectivity index (χ0) is 13.2. The van der Waals surface area contributed by atoms with Gasteiger partial charge in [0.1, 0.15) is 11.6 Å². The van der Waals surface area contributed by atoms with E-state index in [1.807, 2.05) is 0 Å². The predicted octanol–water partition coefficient (Wildman–Crippen LogP) is 1.20. The zero-order valence-corrected chi connectivity index (χ0v) is 9.92. The number of halogens is 1. The van der Waals surface area contributed by atoms with Crippen molar-refractivity contribution in [2.45, 2.75) is 45.2 Å². The smallest absolute Gasteiger partial charge is 0.223 e. The van der Waals surface area contributed by atoms with Gasteiger partial charge in [-0.2, -0.15) is 0 Å². The highest BCUT2D eigenvalue weighted by Gasteiger charge is 2.45. The van der Waals surface area contributed by atoms with Crippen molar-refractivity contribution in [3.63, 3.8) is 0 Å². The Morgan fingerprint density at radius 1 is 0.941 bits per heavy atom. The molecule has 5 heteroatoms. The SMILES string of the molecule is CC1(F)C(=O)CCC1=O.CC1C(=O)CCC1=O. The third-order valence-corrected chi connectivity index (χ3v) is 3.21. The Morgan fingerprint density at radius 2 is 1.29 bits per heavy atom. The van der Waals surface area contributed by atoms with Gasteiger partial charge < -0.3 is 0 Å². The summed E-state index contributed by atoms with van der Waals surface area (Å²) in [5, 5.41) is 0. The summed E-state index contributed by atoms with van der Waals surface area (Å²) in [7, 11) is 0. The van der Waals surface area contributed by atoms with Gasteiger partial charge in [0.15, 0.2) is 11.6 Å². The Kier molecular flexibility index (Phi) is 3.91. The first kappa shape index (κ1) is 13.7. The van der Waals surface area contributed by atoms with Crippen LogP contribution in [0.2, 0.25) is 0 Å². The second-order valence-corrected chi connectivity index (χ2v) is 4.50. The highest BCUT2D eigenvalue weighted by molar-refractivity contribution is 6.15. The fourth-order valence-corrected chi connectivity index (χ4v) is 1.71. The summed E-state index contributed by atoms with van der Waals surface area (Å²) in [5.41, 5.74) is -2.17. The molecule has 0 aromatic rings. The van der Waals surface area contributed by atoms with Crippen LogP contribution >= 0.6 is 0 Å². The van der Waals surface area contributed by atoms with Gasteiger partial charge in [0.2, 0.25) is 5.67 Å². The summed E-state index contributed by atoms with van der Waals surface area (Å²) in [6.07, 6.45) is 1.09. The van der Waals surface area contributed by atoms with Crippen LogP contribution in [0.3, 0.4) is 0 Å². The van der Waals surface area contributed by atoms with Crippen LogP contribution < -0.4 is 0 Å². The second-order valence-electron chi connectivity index (χ2n) is 4.50. The molecule has 0 aliphatic heterocycles. The van der Waals surface area contributed by atoms with Crippen molar-refractivity contribution < 1.29 is 23.6 Å². The molecule has 0 aromatic heterocycles. The normalized spacial score (nSPS) is 23.9. The van der Waals surface area contributed by atoms with E-state index in [4.69, 9.17) is 0 Å². The van der Waals surface area contributed by atoms with E-state index in [1.165, 1.54) is 0 Å². The maximum atomic E-state index is 12.7. The van der Waals surface area contributed by atoms with Gasteiger partial charge in [0, 0.05) is 25.7 Å². The molecule has 0 amide bonds. The summed E-state index contributed by atoms with van der Waals surface area (Å²) in [5.74, 6) is -1.24. The van der Waals surface area contributed by atoms with Crippen molar-refractivity contribution in [2.75, 3.05) is 0 Å². The highest BCUT2D eigenvalue weighted by Crippen LogP contribution is 2.25. The minimum Gasteiger partial charge on any atom is -0.299 e. The molecule has 2 aliphatic rings. The Bertz CT molecular complexity index is 350. The number of carbonyl (C=O) groups excluding carboxylic acids is 4. The van der Waals surface area contributed by atoms with E-state index in [2.05, 4.69) is 0 Å². The molecular formula is C12H15FO4.